The molecule has 2 atom stereocenters. The van der Waals surface area contributed by atoms with Gasteiger partial charge in [-0.25, -0.2) is 8.42 Å². The molecule has 2 aliphatic rings. The van der Waals surface area contributed by atoms with E-state index in [1.807, 2.05) is 0 Å². The average Bonchev–Trinajstić information content (AvgIpc) is 3.10. The molecule has 0 spiro atoms. The van der Waals surface area contributed by atoms with Gasteiger partial charge in [0.15, 0.2) is 0 Å². The number of sulfone groups is 1. The molecule has 5 heteroatoms. The lowest BCUT2D eigenvalue weighted by molar-refractivity contribution is 0.108. The molecule has 0 amide bonds. The van der Waals surface area contributed by atoms with Crippen molar-refractivity contribution < 1.29 is 8.42 Å². The summed E-state index contributed by atoms with van der Waals surface area (Å²) < 4.78 is 22.6. The Labute approximate surface area is 124 Å². The van der Waals surface area contributed by atoms with E-state index in [1.165, 1.54) is 25.5 Å². The van der Waals surface area contributed by atoms with Crippen molar-refractivity contribution in [2.45, 2.75) is 51.6 Å². The SMILES string of the molecule is CC(C)CC1CN(CCCS(C)(=O)=O)C(C2CC2)CN1. The number of hydrogen-bond acceptors (Lipinski definition) is 4. The first kappa shape index (κ1) is 16.2. The zero-order valence-electron chi connectivity index (χ0n) is 13.1. The number of nitrogens with one attached hydrogen (secondary N) is 1. The van der Waals surface area contributed by atoms with Crippen LogP contribution in [0.15, 0.2) is 0 Å². The van der Waals surface area contributed by atoms with Crippen molar-refractivity contribution in [3.05, 3.63) is 0 Å². The lowest BCUT2D eigenvalue weighted by Gasteiger charge is -2.41. The van der Waals surface area contributed by atoms with Crippen molar-refractivity contribution in [1.82, 2.24) is 10.2 Å². The summed E-state index contributed by atoms with van der Waals surface area (Å²) in [5.74, 6) is 1.88. The molecule has 0 bridgehead atoms. The van der Waals surface area contributed by atoms with Crippen LogP contribution in [0.4, 0.5) is 0 Å². The van der Waals surface area contributed by atoms with Gasteiger partial charge >= 0.3 is 0 Å². The van der Waals surface area contributed by atoms with Crippen LogP contribution in [0.25, 0.3) is 0 Å². The Kier molecular flexibility index (Phi) is 5.49. The highest BCUT2D eigenvalue weighted by atomic mass is 32.2. The Hall–Kier alpha value is -0.130. The Bertz CT molecular complexity index is 404. The molecule has 4 nitrogen and oxygen atoms in total. The Balaban J connectivity index is 1.85. The van der Waals surface area contributed by atoms with Gasteiger partial charge in [-0.1, -0.05) is 13.8 Å². The topological polar surface area (TPSA) is 49.4 Å². The molecule has 1 heterocycles. The molecule has 0 aromatic carbocycles. The van der Waals surface area contributed by atoms with Gasteiger partial charge in [0, 0.05) is 31.4 Å². The fourth-order valence-corrected chi connectivity index (χ4v) is 4.01. The fraction of sp³-hybridized carbons (Fsp3) is 1.00. The minimum Gasteiger partial charge on any atom is -0.311 e. The van der Waals surface area contributed by atoms with Crippen LogP contribution in [-0.2, 0) is 9.84 Å². The van der Waals surface area contributed by atoms with Crippen LogP contribution in [0, 0.1) is 11.8 Å². The van der Waals surface area contributed by atoms with E-state index >= 15 is 0 Å². The second-order valence-electron chi connectivity index (χ2n) is 7.12. The van der Waals surface area contributed by atoms with Crippen molar-refractivity contribution in [1.29, 1.82) is 0 Å². The minimum atomic E-state index is -2.82. The summed E-state index contributed by atoms with van der Waals surface area (Å²) in [6.07, 6.45) is 6.02. The van der Waals surface area contributed by atoms with Gasteiger partial charge in [0.1, 0.15) is 9.84 Å². The second-order valence-corrected chi connectivity index (χ2v) is 9.38. The van der Waals surface area contributed by atoms with E-state index in [9.17, 15) is 8.42 Å². The molecule has 2 unspecified atom stereocenters. The maximum atomic E-state index is 11.3. The molecule has 0 aromatic heterocycles. The van der Waals surface area contributed by atoms with Crippen molar-refractivity contribution in [3.8, 4) is 0 Å². The van der Waals surface area contributed by atoms with E-state index in [0.717, 1.165) is 32.0 Å². The summed E-state index contributed by atoms with van der Waals surface area (Å²) in [6.45, 7) is 7.64. The first-order valence-corrected chi connectivity index (χ1v) is 10.1. The molecule has 0 radical (unpaired) electrons. The smallest absolute Gasteiger partial charge is 0.147 e. The normalized spacial score (nSPS) is 29.0. The maximum Gasteiger partial charge on any atom is 0.147 e. The van der Waals surface area contributed by atoms with Crippen LogP contribution >= 0.6 is 0 Å². The summed E-state index contributed by atoms with van der Waals surface area (Å²) in [6, 6.07) is 1.21. The van der Waals surface area contributed by atoms with E-state index in [2.05, 4.69) is 24.1 Å². The van der Waals surface area contributed by atoms with E-state index in [-0.39, 0.29) is 0 Å². The lowest BCUT2D eigenvalue weighted by Crippen LogP contribution is -2.57. The zero-order chi connectivity index (χ0) is 14.8. The first-order chi connectivity index (χ1) is 9.35. The first-order valence-electron chi connectivity index (χ1n) is 8.00. The van der Waals surface area contributed by atoms with Gasteiger partial charge in [0.2, 0.25) is 0 Å². The van der Waals surface area contributed by atoms with Gasteiger partial charge in [0.25, 0.3) is 0 Å². The van der Waals surface area contributed by atoms with Gasteiger partial charge in [-0.3, -0.25) is 4.90 Å². The Morgan fingerprint density at radius 2 is 2.00 bits per heavy atom. The fourth-order valence-electron chi connectivity index (χ4n) is 3.36. The molecule has 0 aromatic rings. The molecule has 1 aliphatic heterocycles. The minimum absolute atomic E-state index is 0.323. The van der Waals surface area contributed by atoms with Gasteiger partial charge in [-0.05, 0) is 44.1 Å². The number of rotatable bonds is 7. The van der Waals surface area contributed by atoms with Crippen molar-refractivity contribution in [2.75, 3.05) is 31.6 Å². The summed E-state index contributed by atoms with van der Waals surface area (Å²) in [4.78, 5) is 2.56. The van der Waals surface area contributed by atoms with Crippen molar-refractivity contribution in [3.63, 3.8) is 0 Å². The Morgan fingerprint density at radius 3 is 2.55 bits per heavy atom. The van der Waals surface area contributed by atoms with Crippen LogP contribution in [0.5, 0.6) is 0 Å². The molecule has 20 heavy (non-hydrogen) atoms. The van der Waals surface area contributed by atoms with E-state index in [4.69, 9.17) is 0 Å². The zero-order valence-corrected chi connectivity index (χ0v) is 14.0. The predicted octanol–water partition coefficient (Wildman–Crippen LogP) is 1.52. The molecule has 118 valence electrons. The summed E-state index contributed by atoms with van der Waals surface area (Å²) >= 11 is 0. The van der Waals surface area contributed by atoms with Crippen LogP contribution in [-0.4, -0.2) is 57.0 Å². The number of hydrogen-bond donors (Lipinski definition) is 1. The third-order valence-corrected chi connectivity index (χ3v) is 5.45. The van der Waals surface area contributed by atoms with Crippen LogP contribution in [0.1, 0.15) is 39.5 Å². The van der Waals surface area contributed by atoms with E-state index < -0.39 is 9.84 Å². The monoisotopic (exact) mass is 302 g/mol. The van der Waals surface area contributed by atoms with Gasteiger partial charge in [0.05, 0.1) is 5.75 Å². The molecule has 1 aliphatic carbocycles. The summed E-state index contributed by atoms with van der Waals surface area (Å²) in [5.41, 5.74) is 0. The average molecular weight is 302 g/mol. The molecule has 1 N–H and O–H groups in total. The Morgan fingerprint density at radius 1 is 1.30 bits per heavy atom. The van der Waals surface area contributed by atoms with Crippen LogP contribution in [0.3, 0.4) is 0 Å². The maximum absolute atomic E-state index is 11.3. The highest BCUT2D eigenvalue weighted by molar-refractivity contribution is 7.90. The lowest BCUT2D eigenvalue weighted by atomic mass is 9.98. The van der Waals surface area contributed by atoms with E-state index in [1.54, 1.807) is 0 Å². The molecular formula is C15H30N2O2S. The third kappa shape index (κ3) is 5.34. The largest absolute Gasteiger partial charge is 0.311 e. The van der Waals surface area contributed by atoms with Crippen LogP contribution < -0.4 is 5.32 Å². The molecule has 2 fully saturated rings. The summed E-state index contributed by atoms with van der Waals surface area (Å²) in [5, 5.41) is 3.70. The van der Waals surface area contributed by atoms with Gasteiger partial charge < -0.3 is 5.32 Å². The number of piperazine rings is 1. The second kappa shape index (κ2) is 6.75. The standard InChI is InChI=1S/C15H30N2O2S/c1-12(2)9-14-11-17(7-4-8-20(3,18)19)15(10-16-14)13-5-6-13/h12-16H,4-11H2,1-3H3. The highest BCUT2D eigenvalue weighted by Gasteiger charge is 2.38. The molecule has 1 saturated carbocycles. The van der Waals surface area contributed by atoms with Gasteiger partial charge in [-0.2, -0.15) is 0 Å². The third-order valence-electron chi connectivity index (χ3n) is 4.42. The van der Waals surface area contributed by atoms with Crippen LogP contribution in [0.2, 0.25) is 0 Å². The van der Waals surface area contributed by atoms with Gasteiger partial charge in [-0.15, -0.1) is 0 Å². The summed E-state index contributed by atoms with van der Waals surface area (Å²) in [7, 11) is -2.82. The van der Waals surface area contributed by atoms with Crippen molar-refractivity contribution >= 4 is 9.84 Å². The molecule has 1 saturated heterocycles. The predicted molar refractivity (Wildman–Crippen MR) is 83.7 cm³/mol. The number of nitrogens with zero attached hydrogens (tertiary/aromatic N) is 1. The van der Waals surface area contributed by atoms with E-state index in [0.29, 0.717) is 23.8 Å². The molecular weight excluding hydrogens is 272 g/mol. The highest BCUT2D eigenvalue weighted by Crippen LogP contribution is 2.36. The quantitative estimate of drug-likeness (QED) is 0.775. The van der Waals surface area contributed by atoms with Crippen molar-refractivity contribution in [2.24, 2.45) is 11.8 Å². The molecule has 2 rings (SSSR count).